The summed E-state index contributed by atoms with van der Waals surface area (Å²) >= 11 is 1.47. The number of amides is 3. The van der Waals surface area contributed by atoms with Crippen LogP contribution in [0, 0.1) is 6.92 Å². The van der Waals surface area contributed by atoms with E-state index in [0.717, 1.165) is 17.0 Å². The van der Waals surface area contributed by atoms with Crippen molar-refractivity contribution in [3.8, 4) is 5.75 Å². The summed E-state index contributed by atoms with van der Waals surface area (Å²) in [5, 5.41) is 13.3. The Morgan fingerprint density at radius 3 is 2.46 bits per heavy atom. The molecule has 0 radical (unpaired) electrons. The van der Waals surface area contributed by atoms with Gasteiger partial charge in [-0.2, -0.15) is 0 Å². The summed E-state index contributed by atoms with van der Waals surface area (Å²) < 4.78 is 0. The van der Waals surface area contributed by atoms with Gasteiger partial charge >= 0.3 is 6.03 Å². The Kier molecular flexibility index (Phi) is 5.41. The van der Waals surface area contributed by atoms with Crippen molar-refractivity contribution in [2.45, 2.75) is 20.3 Å². The van der Waals surface area contributed by atoms with Gasteiger partial charge in [-0.3, -0.25) is 10.1 Å². The number of aryl methyl sites for hydroxylation is 2. The molecule has 8 heteroatoms. The summed E-state index contributed by atoms with van der Waals surface area (Å²) in [4.78, 5) is 33.8. The number of nitrogens with zero attached hydrogens (tertiary/aromatic N) is 3. The monoisotopic (exact) mass is 374 g/mol. The van der Waals surface area contributed by atoms with Crippen molar-refractivity contribution in [2.24, 2.45) is 0 Å². The van der Waals surface area contributed by atoms with Crippen LogP contribution in [0.1, 0.15) is 27.9 Å². The molecular formula is C18H22N4O3S. The van der Waals surface area contributed by atoms with Crippen LogP contribution in [0.5, 0.6) is 5.75 Å². The number of aromatic hydroxyl groups is 1. The van der Waals surface area contributed by atoms with Crippen molar-refractivity contribution in [1.82, 2.24) is 14.8 Å². The molecule has 138 valence electrons. The van der Waals surface area contributed by atoms with Gasteiger partial charge < -0.3 is 14.9 Å². The molecule has 1 aromatic heterocycles. The third-order valence-electron chi connectivity index (χ3n) is 4.43. The van der Waals surface area contributed by atoms with Crippen LogP contribution in [0.15, 0.2) is 24.3 Å². The Labute approximate surface area is 156 Å². The highest BCUT2D eigenvalue weighted by Gasteiger charge is 2.26. The van der Waals surface area contributed by atoms with E-state index in [1.807, 2.05) is 13.8 Å². The van der Waals surface area contributed by atoms with Crippen molar-refractivity contribution in [2.75, 3.05) is 31.5 Å². The second kappa shape index (κ2) is 7.74. The molecule has 0 bridgehead atoms. The number of nitrogens with one attached hydrogen (secondary N) is 1. The minimum Gasteiger partial charge on any atom is -0.507 e. The molecule has 1 aromatic carbocycles. The predicted molar refractivity (Wildman–Crippen MR) is 101 cm³/mol. The van der Waals surface area contributed by atoms with Gasteiger partial charge in [0.1, 0.15) is 5.75 Å². The van der Waals surface area contributed by atoms with Crippen molar-refractivity contribution < 1.29 is 14.7 Å². The molecule has 2 N–H and O–H groups in total. The number of urea groups is 1. The highest BCUT2D eigenvalue weighted by atomic mass is 32.1. The summed E-state index contributed by atoms with van der Waals surface area (Å²) in [6.45, 7) is 5.77. The lowest BCUT2D eigenvalue weighted by Crippen LogP contribution is -2.51. The first-order valence-electron chi connectivity index (χ1n) is 8.59. The van der Waals surface area contributed by atoms with Crippen molar-refractivity contribution >= 4 is 28.4 Å². The standard InChI is InChI=1S/C18H22N4O3S/c1-3-14-12(2)26-17(19-14)20-18(25)22-10-8-21(9-11-22)16(24)13-6-4-5-7-15(13)23/h4-7,23H,3,8-11H2,1-2H3,(H,19,20,25). The van der Waals surface area contributed by atoms with Gasteiger partial charge in [0.15, 0.2) is 5.13 Å². The Balaban J connectivity index is 1.57. The second-order valence-electron chi connectivity index (χ2n) is 6.10. The zero-order chi connectivity index (χ0) is 18.7. The van der Waals surface area contributed by atoms with E-state index in [2.05, 4.69) is 10.3 Å². The molecule has 0 atom stereocenters. The lowest BCUT2D eigenvalue weighted by molar-refractivity contribution is 0.0668. The number of thiazole rings is 1. The number of phenolic OH excluding ortho intramolecular Hbond substituents is 1. The maximum atomic E-state index is 12.5. The number of para-hydroxylation sites is 1. The van der Waals surface area contributed by atoms with E-state index in [0.29, 0.717) is 31.3 Å². The molecule has 1 fully saturated rings. The number of anilines is 1. The zero-order valence-corrected chi connectivity index (χ0v) is 15.7. The van der Waals surface area contributed by atoms with Crippen LogP contribution < -0.4 is 5.32 Å². The Morgan fingerprint density at radius 2 is 1.85 bits per heavy atom. The fraction of sp³-hybridized carbons (Fsp3) is 0.389. The number of hydrogen-bond donors (Lipinski definition) is 2. The Hall–Kier alpha value is -2.61. The van der Waals surface area contributed by atoms with E-state index in [9.17, 15) is 14.7 Å². The van der Waals surface area contributed by atoms with E-state index >= 15 is 0 Å². The molecule has 0 spiro atoms. The van der Waals surface area contributed by atoms with E-state index < -0.39 is 0 Å². The lowest BCUT2D eigenvalue weighted by atomic mass is 10.1. The first kappa shape index (κ1) is 18.2. The zero-order valence-electron chi connectivity index (χ0n) is 14.9. The first-order valence-corrected chi connectivity index (χ1v) is 9.40. The number of piperazine rings is 1. The molecule has 7 nitrogen and oxygen atoms in total. The third kappa shape index (κ3) is 3.80. The topological polar surface area (TPSA) is 85.8 Å². The smallest absolute Gasteiger partial charge is 0.323 e. The van der Waals surface area contributed by atoms with E-state index in [1.165, 1.54) is 17.4 Å². The average molecular weight is 374 g/mol. The normalized spacial score (nSPS) is 14.4. The molecule has 1 aliphatic heterocycles. The molecule has 0 aliphatic carbocycles. The summed E-state index contributed by atoms with van der Waals surface area (Å²) in [5.41, 5.74) is 1.29. The maximum absolute atomic E-state index is 12.5. The number of aromatic nitrogens is 1. The van der Waals surface area contributed by atoms with Gasteiger partial charge in [-0.05, 0) is 25.5 Å². The second-order valence-corrected chi connectivity index (χ2v) is 7.31. The van der Waals surface area contributed by atoms with Crippen LogP contribution in [0.3, 0.4) is 0 Å². The minimum atomic E-state index is -0.216. The SMILES string of the molecule is CCc1nc(NC(=O)N2CCN(C(=O)c3ccccc3O)CC2)sc1C. The van der Waals surface area contributed by atoms with E-state index in [1.54, 1.807) is 28.0 Å². The maximum Gasteiger partial charge on any atom is 0.323 e. The summed E-state index contributed by atoms with van der Waals surface area (Å²) in [7, 11) is 0. The average Bonchev–Trinajstić information content (AvgIpc) is 3.01. The predicted octanol–water partition coefficient (Wildman–Crippen LogP) is 2.71. The lowest BCUT2D eigenvalue weighted by Gasteiger charge is -2.34. The molecule has 1 aliphatic rings. The van der Waals surface area contributed by atoms with E-state index in [-0.39, 0.29) is 23.3 Å². The highest BCUT2D eigenvalue weighted by Crippen LogP contribution is 2.23. The van der Waals surface area contributed by atoms with Crippen molar-refractivity contribution in [3.05, 3.63) is 40.4 Å². The summed E-state index contributed by atoms with van der Waals surface area (Å²) in [5.74, 6) is -0.241. The third-order valence-corrected chi connectivity index (χ3v) is 5.36. The van der Waals surface area contributed by atoms with E-state index in [4.69, 9.17) is 0 Å². The molecule has 0 saturated carbocycles. The van der Waals surface area contributed by atoms with Crippen LogP contribution >= 0.6 is 11.3 Å². The van der Waals surface area contributed by atoms with Gasteiger partial charge in [-0.15, -0.1) is 11.3 Å². The molecule has 2 aromatic rings. The quantitative estimate of drug-likeness (QED) is 0.865. The van der Waals surface area contributed by atoms with Crippen LogP contribution in [0.4, 0.5) is 9.93 Å². The molecule has 0 unspecified atom stereocenters. The molecule has 26 heavy (non-hydrogen) atoms. The number of hydrogen-bond acceptors (Lipinski definition) is 5. The Morgan fingerprint density at radius 1 is 1.19 bits per heavy atom. The van der Waals surface area contributed by atoms with Gasteiger partial charge in [-0.1, -0.05) is 19.1 Å². The number of rotatable bonds is 3. The molecule has 1 saturated heterocycles. The summed E-state index contributed by atoms with van der Waals surface area (Å²) in [6.07, 6.45) is 0.839. The van der Waals surface area contributed by atoms with Crippen molar-refractivity contribution in [3.63, 3.8) is 0 Å². The number of carbonyl (C=O) groups excluding carboxylic acids is 2. The number of phenols is 1. The fourth-order valence-corrected chi connectivity index (χ4v) is 3.81. The van der Waals surface area contributed by atoms with Crippen LogP contribution in [-0.2, 0) is 6.42 Å². The molecule has 3 rings (SSSR count). The molecular weight excluding hydrogens is 352 g/mol. The molecule has 3 amide bonds. The van der Waals surface area contributed by atoms with Gasteiger partial charge in [0.25, 0.3) is 5.91 Å². The summed E-state index contributed by atoms with van der Waals surface area (Å²) in [6, 6.07) is 6.30. The van der Waals surface area contributed by atoms with Crippen LogP contribution in [0.25, 0.3) is 0 Å². The molecule has 2 heterocycles. The van der Waals surface area contributed by atoms with Crippen LogP contribution in [-0.4, -0.2) is 58.0 Å². The van der Waals surface area contributed by atoms with Gasteiger partial charge in [0.2, 0.25) is 0 Å². The fourth-order valence-electron chi connectivity index (χ4n) is 2.92. The minimum absolute atomic E-state index is 0.0245. The van der Waals surface area contributed by atoms with Gasteiger partial charge in [0, 0.05) is 31.1 Å². The van der Waals surface area contributed by atoms with Gasteiger partial charge in [0.05, 0.1) is 11.3 Å². The van der Waals surface area contributed by atoms with Crippen molar-refractivity contribution in [1.29, 1.82) is 0 Å². The number of benzene rings is 1. The Bertz CT molecular complexity index is 813. The highest BCUT2D eigenvalue weighted by molar-refractivity contribution is 7.15. The van der Waals surface area contributed by atoms with Gasteiger partial charge in [-0.25, -0.2) is 9.78 Å². The number of carbonyl (C=O) groups is 2. The van der Waals surface area contributed by atoms with Crippen LogP contribution in [0.2, 0.25) is 0 Å². The first-order chi connectivity index (χ1) is 12.5. The largest absolute Gasteiger partial charge is 0.507 e.